The van der Waals surface area contributed by atoms with Crippen molar-refractivity contribution < 1.29 is 4.42 Å². The number of halogens is 1. The lowest BCUT2D eigenvalue weighted by Gasteiger charge is -2.09. The van der Waals surface area contributed by atoms with Gasteiger partial charge in [-0.25, -0.2) is 19.9 Å². The second kappa shape index (κ2) is 8.24. The molecule has 3 rings (SSSR count). The van der Waals surface area contributed by atoms with Gasteiger partial charge in [-0.1, -0.05) is 11.6 Å². The number of furan rings is 1. The zero-order valence-electron chi connectivity index (χ0n) is 13.1. The predicted octanol–water partition coefficient (Wildman–Crippen LogP) is 3.46. The molecule has 7 nitrogen and oxygen atoms in total. The van der Waals surface area contributed by atoms with Crippen LogP contribution >= 0.6 is 35.6 Å². The maximum absolute atomic E-state index is 6.05. The third-order valence-electron chi connectivity index (χ3n) is 2.85. The molecule has 0 aliphatic carbocycles. The first-order chi connectivity index (χ1) is 12.1. The number of rotatable bonds is 5. The van der Waals surface area contributed by atoms with Gasteiger partial charge in [-0.05, 0) is 49.1 Å². The van der Waals surface area contributed by atoms with Gasteiger partial charge in [-0.2, -0.15) is 0 Å². The number of nitrogens with one attached hydrogen (secondary N) is 2. The molecule has 25 heavy (non-hydrogen) atoms. The normalized spacial score (nSPS) is 10.5. The lowest BCUT2D eigenvalue weighted by molar-refractivity contribution is 0.478. The van der Waals surface area contributed by atoms with Crippen LogP contribution in [0.2, 0.25) is 5.15 Å². The minimum absolute atomic E-state index is 0.291. The fourth-order valence-electron chi connectivity index (χ4n) is 1.83. The zero-order chi connectivity index (χ0) is 17.6. The summed E-state index contributed by atoms with van der Waals surface area (Å²) in [6, 6.07) is 7.16. The van der Waals surface area contributed by atoms with Gasteiger partial charge in [0.25, 0.3) is 0 Å². The first-order valence-electron chi connectivity index (χ1n) is 7.18. The zero-order valence-corrected chi connectivity index (χ0v) is 15.5. The third-order valence-corrected chi connectivity index (χ3v) is 4.11. The maximum Gasteiger partial charge on any atom is 0.231 e. The predicted molar refractivity (Wildman–Crippen MR) is 99.7 cm³/mol. The quantitative estimate of drug-likeness (QED) is 0.385. The molecule has 0 aromatic carbocycles. The Bertz CT molecular complexity index is 873. The molecule has 0 aliphatic rings. The van der Waals surface area contributed by atoms with Crippen LogP contribution in [-0.4, -0.2) is 25.0 Å². The van der Waals surface area contributed by atoms with E-state index < -0.39 is 0 Å². The average molecular weight is 393 g/mol. The minimum atomic E-state index is 0.291. The van der Waals surface area contributed by atoms with E-state index in [0.717, 1.165) is 11.5 Å². The number of hydrogen-bond acceptors (Lipinski definition) is 7. The van der Waals surface area contributed by atoms with Crippen molar-refractivity contribution in [1.29, 1.82) is 0 Å². The molecule has 0 atom stereocenters. The Labute approximate surface area is 158 Å². The summed E-state index contributed by atoms with van der Waals surface area (Å²) < 4.78 is 5.47. The highest BCUT2D eigenvalue weighted by Crippen LogP contribution is 2.25. The fourth-order valence-corrected chi connectivity index (χ4v) is 2.96. The van der Waals surface area contributed by atoms with Crippen molar-refractivity contribution >= 4 is 46.6 Å². The molecule has 3 aromatic rings. The van der Waals surface area contributed by atoms with Crippen molar-refractivity contribution in [3.8, 4) is 0 Å². The molecule has 0 aliphatic heterocycles. The highest BCUT2D eigenvalue weighted by atomic mass is 35.5. The van der Waals surface area contributed by atoms with Crippen molar-refractivity contribution in [1.82, 2.24) is 25.3 Å². The Morgan fingerprint density at radius 3 is 2.80 bits per heavy atom. The number of hydrogen-bond donors (Lipinski definition) is 2. The molecule has 0 saturated carbocycles. The number of anilines is 1. The van der Waals surface area contributed by atoms with Gasteiger partial charge >= 0.3 is 0 Å². The number of aromatic nitrogens is 4. The molecule has 0 saturated heterocycles. The van der Waals surface area contributed by atoms with Gasteiger partial charge in [0.2, 0.25) is 5.95 Å². The van der Waals surface area contributed by atoms with Crippen LogP contribution in [0.4, 0.5) is 5.95 Å². The van der Waals surface area contributed by atoms with E-state index in [1.54, 1.807) is 24.5 Å². The molecule has 0 unspecified atom stereocenters. The van der Waals surface area contributed by atoms with Crippen LogP contribution < -0.4 is 10.6 Å². The van der Waals surface area contributed by atoms with Crippen LogP contribution in [0.5, 0.6) is 0 Å². The standard InChI is InChI=1S/C15H13ClN6OS2/c1-9-3-4-10(23-9)8-19-14(24)22-13-20-11(16)7-12(21-13)25-15-17-5-2-6-18-15/h2-7H,8H2,1H3,(H2,19,20,21,22,24). The third kappa shape index (κ3) is 5.38. The molecule has 0 radical (unpaired) electrons. The summed E-state index contributed by atoms with van der Waals surface area (Å²) in [5.74, 6) is 1.92. The summed E-state index contributed by atoms with van der Waals surface area (Å²) >= 11 is 12.6. The molecular weight excluding hydrogens is 380 g/mol. The number of thiocarbonyl (C=S) groups is 1. The summed E-state index contributed by atoms with van der Waals surface area (Å²) in [5, 5.41) is 7.76. The van der Waals surface area contributed by atoms with Crippen LogP contribution in [0.3, 0.4) is 0 Å². The van der Waals surface area contributed by atoms with Crippen molar-refractivity contribution in [3.63, 3.8) is 0 Å². The Balaban J connectivity index is 1.62. The Morgan fingerprint density at radius 2 is 2.08 bits per heavy atom. The molecule has 0 amide bonds. The van der Waals surface area contributed by atoms with Crippen LogP contribution in [0.1, 0.15) is 11.5 Å². The summed E-state index contributed by atoms with van der Waals surface area (Å²) in [6.07, 6.45) is 3.32. The van der Waals surface area contributed by atoms with E-state index in [2.05, 4.69) is 30.6 Å². The van der Waals surface area contributed by atoms with E-state index in [-0.39, 0.29) is 0 Å². The molecule has 3 aromatic heterocycles. The van der Waals surface area contributed by atoms with Crippen LogP contribution in [0.15, 0.2) is 51.3 Å². The van der Waals surface area contributed by atoms with E-state index in [0.29, 0.717) is 32.9 Å². The SMILES string of the molecule is Cc1ccc(CNC(=S)Nc2nc(Cl)cc(Sc3ncccn3)n2)o1. The van der Waals surface area contributed by atoms with Crippen LogP contribution in [0, 0.1) is 6.92 Å². The first kappa shape index (κ1) is 17.6. The lowest BCUT2D eigenvalue weighted by Crippen LogP contribution is -2.28. The monoisotopic (exact) mass is 392 g/mol. The van der Waals surface area contributed by atoms with Crippen LogP contribution in [0.25, 0.3) is 0 Å². The van der Waals surface area contributed by atoms with Crippen molar-refractivity contribution in [2.75, 3.05) is 5.32 Å². The highest BCUT2D eigenvalue weighted by molar-refractivity contribution is 7.99. The maximum atomic E-state index is 6.05. The summed E-state index contributed by atoms with van der Waals surface area (Å²) in [7, 11) is 0. The molecule has 10 heteroatoms. The first-order valence-corrected chi connectivity index (χ1v) is 8.78. The summed E-state index contributed by atoms with van der Waals surface area (Å²) in [4.78, 5) is 16.7. The van der Waals surface area contributed by atoms with E-state index in [9.17, 15) is 0 Å². The largest absolute Gasteiger partial charge is 0.465 e. The van der Waals surface area contributed by atoms with E-state index in [1.807, 2.05) is 19.1 Å². The second-order valence-electron chi connectivity index (χ2n) is 4.81. The van der Waals surface area contributed by atoms with Crippen molar-refractivity contribution in [3.05, 3.63) is 53.3 Å². The van der Waals surface area contributed by atoms with Gasteiger partial charge in [0, 0.05) is 18.5 Å². The average Bonchev–Trinajstić information content (AvgIpc) is 2.99. The lowest BCUT2D eigenvalue weighted by atomic mass is 10.4. The molecule has 2 N–H and O–H groups in total. The minimum Gasteiger partial charge on any atom is -0.465 e. The van der Waals surface area contributed by atoms with E-state index in [4.69, 9.17) is 28.2 Å². The van der Waals surface area contributed by atoms with Crippen LogP contribution in [-0.2, 0) is 6.54 Å². The molecular formula is C15H13ClN6OS2. The Hall–Kier alpha value is -2.23. The van der Waals surface area contributed by atoms with Gasteiger partial charge in [-0.15, -0.1) is 0 Å². The van der Waals surface area contributed by atoms with Gasteiger partial charge < -0.3 is 15.1 Å². The smallest absolute Gasteiger partial charge is 0.231 e. The highest BCUT2D eigenvalue weighted by Gasteiger charge is 2.08. The van der Waals surface area contributed by atoms with Gasteiger partial charge in [0.15, 0.2) is 10.3 Å². The number of nitrogens with zero attached hydrogens (tertiary/aromatic N) is 4. The molecule has 128 valence electrons. The molecule has 0 spiro atoms. The Kier molecular flexibility index (Phi) is 5.79. The van der Waals surface area contributed by atoms with Gasteiger partial charge in [0.05, 0.1) is 6.54 Å². The van der Waals surface area contributed by atoms with E-state index >= 15 is 0 Å². The summed E-state index contributed by atoms with van der Waals surface area (Å²) in [5.41, 5.74) is 0. The second-order valence-corrected chi connectivity index (χ2v) is 6.59. The van der Waals surface area contributed by atoms with Gasteiger partial charge in [-0.3, -0.25) is 0 Å². The molecule has 3 heterocycles. The van der Waals surface area contributed by atoms with Gasteiger partial charge in [0.1, 0.15) is 21.7 Å². The molecule has 0 bridgehead atoms. The summed E-state index contributed by atoms with van der Waals surface area (Å²) in [6.45, 7) is 2.34. The topological polar surface area (TPSA) is 88.8 Å². The number of aryl methyl sites for hydroxylation is 1. The molecule has 0 fully saturated rings. The van der Waals surface area contributed by atoms with E-state index in [1.165, 1.54) is 11.8 Å². The Morgan fingerprint density at radius 1 is 1.28 bits per heavy atom. The fraction of sp³-hybridized carbons (Fsp3) is 0.133. The van der Waals surface area contributed by atoms with Crippen molar-refractivity contribution in [2.45, 2.75) is 23.7 Å². The van der Waals surface area contributed by atoms with Crippen molar-refractivity contribution in [2.24, 2.45) is 0 Å².